The quantitative estimate of drug-likeness (QED) is 0.311. The van der Waals surface area contributed by atoms with Crippen molar-refractivity contribution in [2.45, 2.75) is 26.4 Å². The summed E-state index contributed by atoms with van der Waals surface area (Å²) in [5.41, 5.74) is 4.13. The molecule has 0 aliphatic carbocycles. The van der Waals surface area contributed by atoms with Crippen LogP contribution in [-0.4, -0.2) is 24.3 Å². The lowest BCUT2D eigenvalue weighted by Gasteiger charge is -2.26. The topological polar surface area (TPSA) is 48.6 Å². The molecule has 0 amide bonds. The van der Waals surface area contributed by atoms with Gasteiger partial charge in [-0.1, -0.05) is 30.3 Å². The first kappa shape index (κ1) is 22.2. The van der Waals surface area contributed by atoms with E-state index in [0.29, 0.717) is 6.61 Å². The van der Waals surface area contributed by atoms with Crippen LogP contribution < -0.4 is 4.74 Å². The molecule has 31 heavy (non-hydrogen) atoms. The third-order valence-corrected chi connectivity index (χ3v) is 7.42. The van der Waals surface area contributed by atoms with E-state index >= 15 is 0 Å². The molecule has 158 valence electrons. The Morgan fingerprint density at radius 3 is 2.65 bits per heavy atom. The summed E-state index contributed by atoms with van der Waals surface area (Å²) < 4.78 is 7.38. The number of halogens is 2. The van der Waals surface area contributed by atoms with Crippen LogP contribution in [0.1, 0.15) is 34.1 Å². The molecule has 0 saturated carbocycles. The second kappa shape index (κ2) is 10.1. The minimum absolute atomic E-state index is 0.595. The highest BCUT2D eigenvalue weighted by Gasteiger charge is 2.24. The van der Waals surface area contributed by atoms with Crippen molar-refractivity contribution in [2.24, 2.45) is 4.99 Å². The average molecular weight is 559 g/mol. The summed E-state index contributed by atoms with van der Waals surface area (Å²) in [6.45, 7) is 5.29. The second-order valence-electron chi connectivity index (χ2n) is 7.25. The lowest BCUT2D eigenvalue weighted by Crippen LogP contribution is -2.29. The molecular weight excluding hydrogens is 538 g/mol. The van der Waals surface area contributed by atoms with Crippen LogP contribution >= 0.6 is 43.2 Å². The molecule has 4 nitrogen and oxygen atoms in total. The van der Waals surface area contributed by atoms with E-state index in [1.165, 1.54) is 10.4 Å². The van der Waals surface area contributed by atoms with E-state index in [0.717, 1.165) is 62.4 Å². The molecule has 1 aliphatic rings. The van der Waals surface area contributed by atoms with Crippen molar-refractivity contribution in [1.29, 1.82) is 5.26 Å². The highest BCUT2D eigenvalue weighted by Crippen LogP contribution is 2.39. The van der Waals surface area contributed by atoms with E-state index in [-0.39, 0.29) is 0 Å². The predicted molar refractivity (Wildman–Crippen MR) is 134 cm³/mol. The second-order valence-corrected chi connectivity index (χ2v) is 10.0. The van der Waals surface area contributed by atoms with Gasteiger partial charge in [0.05, 0.1) is 21.1 Å². The Kier molecular flexibility index (Phi) is 7.24. The Labute approximate surface area is 203 Å². The van der Waals surface area contributed by atoms with Crippen LogP contribution in [0.2, 0.25) is 0 Å². The number of hydrogen-bond acceptors (Lipinski definition) is 5. The normalized spacial score (nSPS) is 13.9. The van der Waals surface area contributed by atoms with Crippen molar-refractivity contribution >= 4 is 54.4 Å². The van der Waals surface area contributed by atoms with Gasteiger partial charge >= 0.3 is 0 Å². The van der Waals surface area contributed by atoms with E-state index < -0.39 is 0 Å². The zero-order chi connectivity index (χ0) is 21.8. The fraction of sp³-hybridized carbons (Fsp3) is 0.250. The molecule has 0 N–H and O–H groups in total. The van der Waals surface area contributed by atoms with E-state index in [2.05, 4.69) is 72.1 Å². The number of nitriles is 1. The van der Waals surface area contributed by atoms with Crippen LogP contribution in [0, 0.1) is 11.3 Å². The maximum atomic E-state index is 9.78. The van der Waals surface area contributed by atoms with Crippen LogP contribution in [0.5, 0.6) is 5.75 Å². The minimum Gasteiger partial charge on any atom is -0.492 e. The molecular formula is C24H21Br2N3OS. The SMILES string of the molecule is CCOc1c(Br)cc(C=Nc2sc3c(c2C#N)CCN(Cc2ccccc2)C3)cc1Br. The third-order valence-electron chi connectivity index (χ3n) is 5.12. The molecule has 0 radical (unpaired) electrons. The molecule has 0 atom stereocenters. The number of rotatable bonds is 6. The maximum absolute atomic E-state index is 9.78. The van der Waals surface area contributed by atoms with Gasteiger partial charge in [0.1, 0.15) is 16.8 Å². The zero-order valence-electron chi connectivity index (χ0n) is 17.1. The number of nitrogens with zero attached hydrogens (tertiary/aromatic N) is 3. The molecule has 0 bridgehead atoms. The zero-order valence-corrected chi connectivity index (χ0v) is 21.1. The molecule has 1 aromatic heterocycles. The number of fused-ring (bicyclic) bond motifs is 1. The van der Waals surface area contributed by atoms with Crippen molar-refractivity contribution in [3.05, 3.63) is 78.5 Å². The molecule has 2 heterocycles. The van der Waals surface area contributed by atoms with Crippen LogP contribution in [0.15, 0.2) is 56.4 Å². The standard InChI is InChI=1S/C24H21Br2N3OS/c1-2-30-23-20(25)10-17(11-21(23)26)13-28-24-19(12-27)18-8-9-29(15-22(18)31-24)14-16-6-4-3-5-7-16/h3-7,10-11,13H,2,8-9,14-15H2,1H3. The van der Waals surface area contributed by atoms with Gasteiger partial charge in [0.15, 0.2) is 0 Å². The highest BCUT2D eigenvalue weighted by molar-refractivity contribution is 9.11. The van der Waals surface area contributed by atoms with Gasteiger partial charge in [-0.25, -0.2) is 4.99 Å². The summed E-state index contributed by atoms with van der Waals surface area (Å²) in [6.07, 6.45) is 2.70. The summed E-state index contributed by atoms with van der Waals surface area (Å²) in [4.78, 5) is 8.37. The monoisotopic (exact) mass is 557 g/mol. The molecule has 0 unspecified atom stereocenters. The van der Waals surface area contributed by atoms with Gasteiger partial charge in [-0.15, -0.1) is 11.3 Å². The molecule has 2 aromatic carbocycles. The lowest BCUT2D eigenvalue weighted by atomic mass is 10.0. The van der Waals surface area contributed by atoms with Gasteiger partial charge in [-0.2, -0.15) is 5.26 Å². The van der Waals surface area contributed by atoms with Gasteiger partial charge in [-0.05, 0) is 74.0 Å². The molecule has 7 heteroatoms. The van der Waals surface area contributed by atoms with Gasteiger partial charge in [0.2, 0.25) is 0 Å². The Morgan fingerprint density at radius 1 is 1.23 bits per heavy atom. The molecule has 3 aromatic rings. The number of ether oxygens (including phenoxy) is 1. The number of benzene rings is 2. The van der Waals surface area contributed by atoms with E-state index in [1.807, 2.05) is 31.3 Å². The van der Waals surface area contributed by atoms with Crippen LogP contribution in [0.25, 0.3) is 0 Å². The smallest absolute Gasteiger partial charge is 0.147 e. The summed E-state index contributed by atoms with van der Waals surface area (Å²) >= 11 is 8.75. The molecule has 1 aliphatic heterocycles. The highest BCUT2D eigenvalue weighted by atomic mass is 79.9. The van der Waals surface area contributed by atoms with Crippen molar-refractivity contribution in [3.63, 3.8) is 0 Å². The Balaban J connectivity index is 1.55. The first-order valence-electron chi connectivity index (χ1n) is 10.1. The van der Waals surface area contributed by atoms with Crippen LogP contribution in [0.4, 0.5) is 5.00 Å². The number of thiophene rings is 1. The number of aliphatic imine (C=N–C) groups is 1. The number of hydrogen-bond donors (Lipinski definition) is 0. The summed E-state index contributed by atoms with van der Waals surface area (Å²) in [5.74, 6) is 0.780. The van der Waals surface area contributed by atoms with E-state index in [1.54, 1.807) is 11.3 Å². The lowest BCUT2D eigenvalue weighted by molar-refractivity contribution is 0.249. The van der Waals surface area contributed by atoms with Gasteiger partial charge < -0.3 is 4.74 Å². The first-order chi connectivity index (χ1) is 15.1. The largest absolute Gasteiger partial charge is 0.492 e. The fourth-order valence-corrected chi connectivity index (χ4v) is 6.33. The molecule has 0 fully saturated rings. The van der Waals surface area contributed by atoms with E-state index in [4.69, 9.17) is 4.74 Å². The third kappa shape index (κ3) is 5.09. The molecule has 4 rings (SSSR count). The van der Waals surface area contributed by atoms with Gasteiger partial charge in [0, 0.05) is 30.7 Å². The van der Waals surface area contributed by atoms with Crippen LogP contribution in [0.3, 0.4) is 0 Å². The Hall–Kier alpha value is -1.98. The van der Waals surface area contributed by atoms with Gasteiger partial charge in [0.25, 0.3) is 0 Å². The summed E-state index contributed by atoms with van der Waals surface area (Å²) in [5, 5.41) is 10.6. The Morgan fingerprint density at radius 2 is 1.97 bits per heavy atom. The molecule has 0 spiro atoms. The first-order valence-corrected chi connectivity index (χ1v) is 12.5. The van der Waals surface area contributed by atoms with Crippen molar-refractivity contribution in [1.82, 2.24) is 4.90 Å². The van der Waals surface area contributed by atoms with E-state index in [9.17, 15) is 5.26 Å². The predicted octanol–water partition coefficient (Wildman–Crippen LogP) is 6.85. The molecule has 0 saturated heterocycles. The Bertz CT molecular complexity index is 1130. The van der Waals surface area contributed by atoms with Gasteiger partial charge in [-0.3, -0.25) is 4.90 Å². The summed E-state index contributed by atoms with van der Waals surface area (Å²) in [6, 6.07) is 16.9. The van der Waals surface area contributed by atoms with Crippen molar-refractivity contribution in [2.75, 3.05) is 13.2 Å². The average Bonchev–Trinajstić information content (AvgIpc) is 3.12. The maximum Gasteiger partial charge on any atom is 0.147 e. The van der Waals surface area contributed by atoms with Crippen molar-refractivity contribution < 1.29 is 4.74 Å². The summed E-state index contributed by atoms with van der Waals surface area (Å²) in [7, 11) is 0. The van der Waals surface area contributed by atoms with Crippen molar-refractivity contribution in [3.8, 4) is 11.8 Å². The minimum atomic E-state index is 0.595. The van der Waals surface area contributed by atoms with Crippen LogP contribution in [-0.2, 0) is 19.5 Å². The fourth-order valence-electron chi connectivity index (χ4n) is 3.69.